The summed E-state index contributed by atoms with van der Waals surface area (Å²) in [5.74, 6) is -0.242. The highest BCUT2D eigenvalue weighted by molar-refractivity contribution is 7.89. The molecule has 0 aromatic heterocycles. The number of sulfonamides is 1. The van der Waals surface area contributed by atoms with Gasteiger partial charge in [0.15, 0.2) is 5.78 Å². The van der Waals surface area contributed by atoms with Crippen LogP contribution in [-0.2, 0) is 10.0 Å². The zero-order valence-electron chi connectivity index (χ0n) is 15.2. The lowest BCUT2D eigenvalue weighted by Crippen LogP contribution is -2.35. The number of hydrogen-bond donors (Lipinski definition) is 1. The van der Waals surface area contributed by atoms with E-state index in [0.29, 0.717) is 24.3 Å². The van der Waals surface area contributed by atoms with Crippen molar-refractivity contribution in [3.05, 3.63) is 64.2 Å². The molecule has 28 heavy (non-hydrogen) atoms. The SMILES string of the molecule is O=C(CNc1cccc([N+](=O)[O-])c1)c1ccc(S(=O)(=O)N2CCCCC2)cc1. The van der Waals surface area contributed by atoms with Crippen LogP contribution in [0, 0.1) is 10.1 Å². The maximum atomic E-state index is 12.6. The molecule has 0 unspecified atom stereocenters. The van der Waals surface area contributed by atoms with Gasteiger partial charge in [-0.3, -0.25) is 14.9 Å². The van der Waals surface area contributed by atoms with Crippen LogP contribution in [0.1, 0.15) is 29.6 Å². The third kappa shape index (κ3) is 4.55. The molecule has 1 aliphatic rings. The van der Waals surface area contributed by atoms with E-state index in [1.807, 2.05) is 0 Å². The van der Waals surface area contributed by atoms with E-state index in [1.165, 1.54) is 46.8 Å². The second kappa shape index (κ2) is 8.49. The molecule has 0 radical (unpaired) electrons. The standard InChI is InChI=1S/C19H21N3O5S/c23-19(14-20-16-5-4-6-17(13-16)22(24)25)15-7-9-18(10-8-15)28(26,27)21-11-2-1-3-12-21/h4-10,13,20H,1-3,11-12,14H2. The number of ketones is 1. The van der Waals surface area contributed by atoms with Gasteiger partial charge in [0.2, 0.25) is 10.0 Å². The van der Waals surface area contributed by atoms with Gasteiger partial charge in [-0.15, -0.1) is 0 Å². The van der Waals surface area contributed by atoms with Crippen molar-refractivity contribution in [1.29, 1.82) is 0 Å². The minimum absolute atomic E-state index is 0.0562. The number of non-ortho nitro benzene ring substituents is 1. The lowest BCUT2D eigenvalue weighted by Gasteiger charge is -2.25. The first-order valence-corrected chi connectivity index (χ1v) is 10.4. The molecule has 3 rings (SSSR count). The molecule has 0 spiro atoms. The van der Waals surface area contributed by atoms with Crippen LogP contribution < -0.4 is 5.32 Å². The summed E-state index contributed by atoms with van der Waals surface area (Å²) in [5, 5.41) is 13.7. The van der Waals surface area contributed by atoms with E-state index >= 15 is 0 Å². The highest BCUT2D eigenvalue weighted by Crippen LogP contribution is 2.21. The highest BCUT2D eigenvalue weighted by atomic mass is 32.2. The van der Waals surface area contributed by atoms with Crippen molar-refractivity contribution in [2.24, 2.45) is 0 Å². The molecular weight excluding hydrogens is 382 g/mol. The number of nitrogens with zero attached hydrogens (tertiary/aromatic N) is 2. The van der Waals surface area contributed by atoms with Gasteiger partial charge in [-0.1, -0.05) is 12.5 Å². The van der Waals surface area contributed by atoms with Crippen molar-refractivity contribution in [3.8, 4) is 0 Å². The molecule has 2 aromatic carbocycles. The van der Waals surface area contributed by atoms with Gasteiger partial charge in [0.05, 0.1) is 16.4 Å². The number of hydrogen-bond acceptors (Lipinski definition) is 6. The van der Waals surface area contributed by atoms with E-state index in [4.69, 9.17) is 0 Å². The largest absolute Gasteiger partial charge is 0.377 e. The zero-order valence-corrected chi connectivity index (χ0v) is 16.0. The molecule has 0 amide bonds. The van der Waals surface area contributed by atoms with Crippen molar-refractivity contribution in [2.75, 3.05) is 25.0 Å². The molecule has 2 aromatic rings. The number of anilines is 1. The van der Waals surface area contributed by atoms with Crippen LogP contribution in [0.4, 0.5) is 11.4 Å². The molecule has 0 atom stereocenters. The van der Waals surface area contributed by atoms with E-state index in [2.05, 4.69) is 5.32 Å². The molecule has 9 heteroatoms. The van der Waals surface area contributed by atoms with Crippen LogP contribution in [-0.4, -0.2) is 43.1 Å². The zero-order chi connectivity index (χ0) is 20.1. The summed E-state index contributed by atoms with van der Waals surface area (Å²) in [5.41, 5.74) is 0.770. The number of benzene rings is 2. The summed E-state index contributed by atoms with van der Waals surface area (Å²) in [6.45, 7) is 0.992. The van der Waals surface area contributed by atoms with Crippen LogP contribution in [0.5, 0.6) is 0 Å². The fourth-order valence-electron chi connectivity index (χ4n) is 3.08. The average molecular weight is 403 g/mol. The first kappa shape index (κ1) is 20.0. The molecule has 0 aliphatic carbocycles. The summed E-state index contributed by atoms with van der Waals surface area (Å²) in [4.78, 5) is 22.8. The summed E-state index contributed by atoms with van der Waals surface area (Å²) >= 11 is 0. The minimum Gasteiger partial charge on any atom is -0.377 e. The van der Waals surface area contributed by atoms with Gasteiger partial charge in [-0.25, -0.2) is 8.42 Å². The van der Waals surface area contributed by atoms with Crippen molar-refractivity contribution in [1.82, 2.24) is 4.31 Å². The number of piperidine rings is 1. The van der Waals surface area contributed by atoms with Gasteiger partial charge in [-0.2, -0.15) is 4.31 Å². The fraction of sp³-hybridized carbons (Fsp3) is 0.316. The van der Waals surface area contributed by atoms with Crippen molar-refractivity contribution in [2.45, 2.75) is 24.2 Å². The number of nitro groups is 1. The number of carbonyl (C=O) groups excluding carboxylic acids is 1. The topological polar surface area (TPSA) is 110 Å². The second-order valence-electron chi connectivity index (χ2n) is 6.57. The number of carbonyl (C=O) groups is 1. The molecule has 1 fully saturated rings. The normalized spacial score (nSPS) is 15.1. The Bertz CT molecular complexity index is 967. The Hall–Kier alpha value is -2.78. The van der Waals surface area contributed by atoms with Crippen LogP contribution in [0.3, 0.4) is 0 Å². The second-order valence-corrected chi connectivity index (χ2v) is 8.51. The number of nitro benzene ring substituents is 1. The maximum Gasteiger partial charge on any atom is 0.271 e. The van der Waals surface area contributed by atoms with Gasteiger partial charge in [0.1, 0.15) is 0 Å². The van der Waals surface area contributed by atoms with Crippen molar-refractivity contribution in [3.63, 3.8) is 0 Å². The summed E-state index contributed by atoms with van der Waals surface area (Å²) in [6, 6.07) is 11.8. The lowest BCUT2D eigenvalue weighted by atomic mass is 10.1. The van der Waals surface area contributed by atoms with E-state index in [0.717, 1.165) is 19.3 Å². The van der Waals surface area contributed by atoms with E-state index < -0.39 is 14.9 Å². The first-order valence-electron chi connectivity index (χ1n) is 9.00. The fourth-order valence-corrected chi connectivity index (χ4v) is 4.60. The molecule has 148 valence electrons. The third-order valence-corrected chi connectivity index (χ3v) is 6.55. The Balaban J connectivity index is 1.65. The summed E-state index contributed by atoms with van der Waals surface area (Å²) < 4.78 is 26.8. The first-order chi connectivity index (χ1) is 13.4. The van der Waals surface area contributed by atoms with Crippen molar-refractivity contribution >= 4 is 27.2 Å². The molecule has 1 N–H and O–H groups in total. The van der Waals surface area contributed by atoms with E-state index in [1.54, 1.807) is 6.07 Å². The number of rotatable bonds is 7. The molecule has 1 aliphatic heterocycles. The van der Waals surface area contributed by atoms with Crippen LogP contribution >= 0.6 is 0 Å². The van der Waals surface area contributed by atoms with Gasteiger partial charge in [-0.05, 0) is 43.2 Å². The highest BCUT2D eigenvalue weighted by Gasteiger charge is 2.25. The predicted octanol–water partition coefficient (Wildman–Crippen LogP) is 3.06. The molecule has 1 heterocycles. The van der Waals surface area contributed by atoms with Crippen molar-refractivity contribution < 1.29 is 18.1 Å². The average Bonchev–Trinajstić information content (AvgIpc) is 2.73. The monoisotopic (exact) mass is 403 g/mol. The predicted molar refractivity (Wildman–Crippen MR) is 105 cm³/mol. The Kier molecular flexibility index (Phi) is 6.05. The Morgan fingerprint density at radius 3 is 2.39 bits per heavy atom. The smallest absolute Gasteiger partial charge is 0.271 e. The molecule has 0 saturated carbocycles. The molecular formula is C19H21N3O5S. The Morgan fingerprint density at radius 1 is 1.07 bits per heavy atom. The maximum absolute atomic E-state index is 12.6. The Morgan fingerprint density at radius 2 is 1.75 bits per heavy atom. The third-order valence-electron chi connectivity index (χ3n) is 4.64. The van der Waals surface area contributed by atoms with Gasteiger partial charge < -0.3 is 5.32 Å². The van der Waals surface area contributed by atoms with Gasteiger partial charge in [0, 0.05) is 36.5 Å². The Labute approximate surface area is 163 Å². The van der Waals surface area contributed by atoms with Crippen LogP contribution in [0.25, 0.3) is 0 Å². The minimum atomic E-state index is -3.53. The van der Waals surface area contributed by atoms with Crippen LogP contribution in [0.15, 0.2) is 53.4 Å². The molecule has 1 saturated heterocycles. The van der Waals surface area contributed by atoms with E-state index in [9.17, 15) is 23.3 Å². The number of Topliss-reactive ketones (excluding diaryl/α,β-unsaturated/α-hetero) is 1. The van der Waals surface area contributed by atoms with Gasteiger partial charge in [0.25, 0.3) is 5.69 Å². The lowest BCUT2D eigenvalue weighted by molar-refractivity contribution is -0.384. The molecule has 8 nitrogen and oxygen atoms in total. The summed E-state index contributed by atoms with van der Waals surface area (Å²) in [6.07, 6.45) is 2.76. The molecule has 0 bridgehead atoms. The van der Waals surface area contributed by atoms with E-state index in [-0.39, 0.29) is 22.9 Å². The quantitative estimate of drug-likeness (QED) is 0.432. The van der Waals surface area contributed by atoms with Gasteiger partial charge >= 0.3 is 0 Å². The summed E-state index contributed by atoms with van der Waals surface area (Å²) in [7, 11) is -3.53. The van der Waals surface area contributed by atoms with Crippen LogP contribution in [0.2, 0.25) is 0 Å². The number of nitrogens with one attached hydrogen (secondary N) is 1.